The van der Waals surface area contributed by atoms with Crippen molar-refractivity contribution in [1.29, 1.82) is 0 Å². The molecule has 0 unspecified atom stereocenters. The average molecular weight is 314 g/mol. The first-order chi connectivity index (χ1) is 9.42. The Kier molecular flexibility index (Phi) is 3.78. The van der Waals surface area contributed by atoms with Gasteiger partial charge in [-0.2, -0.15) is 0 Å². The summed E-state index contributed by atoms with van der Waals surface area (Å²) in [5.41, 5.74) is 2.02. The summed E-state index contributed by atoms with van der Waals surface area (Å²) in [6.07, 6.45) is 0. The van der Waals surface area contributed by atoms with Crippen molar-refractivity contribution in [3.8, 4) is 11.3 Å². The number of aromatic nitrogens is 1. The minimum absolute atomic E-state index is 0.398. The standard InChI is InChI=1S/C16H13NOSe/c1-3-7-13(8-4-1)16-11-14(18-17-16)12-19-15-9-5-2-6-10-15/h1-11H,12H2. The van der Waals surface area contributed by atoms with Crippen LogP contribution in [0.2, 0.25) is 0 Å². The molecule has 0 aliphatic carbocycles. The van der Waals surface area contributed by atoms with Gasteiger partial charge in [0.2, 0.25) is 0 Å². The van der Waals surface area contributed by atoms with Crippen molar-refractivity contribution in [2.24, 2.45) is 0 Å². The molecule has 0 aliphatic rings. The third-order valence-electron chi connectivity index (χ3n) is 2.75. The van der Waals surface area contributed by atoms with Crippen molar-refractivity contribution < 1.29 is 4.52 Å². The topological polar surface area (TPSA) is 26.0 Å². The van der Waals surface area contributed by atoms with Gasteiger partial charge in [-0.25, -0.2) is 0 Å². The molecule has 0 bridgehead atoms. The predicted octanol–water partition coefficient (Wildman–Crippen LogP) is 2.87. The summed E-state index contributed by atoms with van der Waals surface area (Å²) in [5, 5.41) is 5.08. The molecule has 0 atom stereocenters. The van der Waals surface area contributed by atoms with E-state index in [9.17, 15) is 0 Å². The van der Waals surface area contributed by atoms with Crippen molar-refractivity contribution in [3.63, 3.8) is 0 Å². The molecule has 3 rings (SSSR count). The van der Waals surface area contributed by atoms with Gasteiger partial charge in [-0.3, -0.25) is 0 Å². The molecule has 0 N–H and O–H groups in total. The Morgan fingerprint density at radius 2 is 1.58 bits per heavy atom. The molecule has 3 aromatic rings. The van der Waals surface area contributed by atoms with Gasteiger partial charge in [0.25, 0.3) is 0 Å². The molecular formula is C16H13NOSe. The summed E-state index contributed by atoms with van der Waals surface area (Å²) in [5.74, 6) is 0.961. The number of nitrogens with zero attached hydrogens (tertiary/aromatic N) is 1. The first-order valence-corrected chi connectivity index (χ1v) is 8.17. The quantitative estimate of drug-likeness (QED) is 0.692. The van der Waals surface area contributed by atoms with Gasteiger partial charge in [-0.1, -0.05) is 0 Å². The molecule has 1 heterocycles. The van der Waals surface area contributed by atoms with Crippen LogP contribution in [0.25, 0.3) is 11.3 Å². The summed E-state index contributed by atoms with van der Waals surface area (Å²) in [6.45, 7) is 0. The van der Waals surface area contributed by atoms with Gasteiger partial charge < -0.3 is 0 Å². The van der Waals surface area contributed by atoms with E-state index in [1.807, 2.05) is 42.5 Å². The Balaban J connectivity index is 1.69. The number of hydrogen-bond acceptors (Lipinski definition) is 2. The van der Waals surface area contributed by atoms with Gasteiger partial charge in [0, 0.05) is 0 Å². The van der Waals surface area contributed by atoms with Crippen LogP contribution in [-0.2, 0) is 5.32 Å². The Morgan fingerprint density at radius 1 is 0.895 bits per heavy atom. The minimum atomic E-state index is 0.398. The first kappa shape index (κ1) is 12.2. The van der Waals surface area contributed by atoms with Crippen LogP contribution in [-0.4, -0.2) is 20.1 Å². The van der Waals surface area contributed by atoms with Crippen molar-refractivity contribution in [2.75, 3.05) is 0 Å². The van der Waals surface area contributed by atoms with Gasteiger partial charge in [0.15, 0.2) is 0 Å². The number of benzene rings is 2. The van der Waals surface area contributed by atoms with Crippen LogP contribution in [0.1, 0.15) is 5.76 Å². The van der Waals surface area contributed by atoms with Crippen molar-refractivity contribution in [3.05, 3.63) is 72.5 Å². The van der Waals surface area contributed by atoms with Gasteiger partial charge >= 0.3 is 118 Å². The van der Waals surface area contributed by atoms with Crippen LogP contribution in [0.4, 0.5) is 0 Å². The maximum atomic E-state index is 5.41. The first-order valence-electron chi connectivity index (χ1n) is 6.11. The van der Waals surface area contributed by atoms with E-state index in [0.29, 0.717) is 15.0 Å². The SMILES string of the molecule is c1ccc([Se]Cc2cc(-c3ccccc3)no2)cc1. The van der Waals surface area contributed by atoms with Crippen molar-refractivity contribution in [2.45, 2.75) is 5.32 Å². The fourth-order valence-corrected chi connectivity index (χ4v) is 3.46. The molecule has 2 nitrogen and oxygen atoms in total. The van der Waals surface area contributed by atoms with Gasteiger partial charge in [0.05, 0.1) is 0 Å². The van der Waals surface area contributed by atoms with Crippen LogP contribution in [0.5, 0.6) is 0 Å². The van der Waals surface area contributed by atoms with E-state index in [2.05, 4.69) is 29.4 Å². The summed E-state index contributed by atoms with van der Waals surface area (Å²) in [6, 6.07) is 22.7. The normalized spacial score (nSPS) is 10.5. The predicted molar refractivity (Wildman–Crippen MR) is 77.5 cm³/mol. The Bertz CT molecular complexity index is 634. The average Bonchev–Trinajstić information content (AvgIpc) is 2.96. The third kappa shape index (κ3) is 3.14. The van der Waals surface area contributed by atoms with E-state index < -0.39 is 0 Å². The Labute approximate surface area is 118 Å². The van der Waals surface area contributed by atoms with E-state index in [-0.39, 0.29) is 0 Å². The molecule has 1 aromatic heterocycles. The summed E-state index contributed by atoms with van der Waals surface area (Å²) < 4.78 is 6.79. The summed E-state index contributed by atoms with van der Waals surface area (Å²) >= 11 is 0.398. The molecule has 0 saturated heterocycles. The Morgan fingerprint density at radius 3 is 2.32 bits per heavy atom. The second-order valence-corrected chi connectivity index (χ2v) is 6.35. The molecule has 0 spiro atoms. The molecule has 19 heavy (non-hydrogen) atoms. The van der Waals surface area contributed by atoms with Crippen LogP contribution in [0.3, 0.4) is 0 Å². The second kappa shape index (κ2) is 5.87. The number of rotatable bonds is 4. The van der Waals surface area contributed by atoms with E-state index in [1.165, 1.54) is 4.46 Å². The van der Waals surface area contributed by atoms with Gasteiger partial charge in [-0.05, 0) is 0 Å². The second-order valence-electron chi connectivity index (χ2n) is 4.15. The van der Waals surface area contributed by atoms with Gasteiger partial charge in [0.1, 0.15) is 0 Å². The summed E-state index contributed by atoms with van der Waals surface area (Å²) in [4.78, 5) is 0. The molecular weight excluding hydrogens is 301 g/mol. The van der Waals surface area contributed by atoms with E-state index >= 15 is 0 Å². The molecule has 3 heteroatoms. The van der Waals surface area contributed by atoms with Crippen molar-refractivity contribution in [1.82, 2.24) is 5.16 Å². The molecule has 0 radical (unpaired) electrons. The zero-order valence-electron chi connectivity index (χ0n) is 10.3. The molecule has 94 valence electrons. The number of hydrogen-bond donors (Lipinski definition) is 0. The Hall–Kier alpha value is -1.83. The van der Waals surface area contributed by atoms with Crippen LogP contribution < -0.4 is 4.46 Å². The fraction of sp³-hybridized carbons (Fsp3) is 0.0625. The van der Waals surface area contributed by atoms with Crippen LogP contribution >= 0.6 is 0 Å². The maximum absolute atomic E-state index is 5.41. The molecule has 0 amide bonds. The van der Waals surface area contributed by atoms with E-state index in [0.717, 1.165) is 22.3 Å². The zero-order valence-corrected chi connectivity index (χ0v) is 12.0. The third-order valence-corrected chi connectivity index (χ3v) is 4.92. The molecule has 2 aromatic carbocycles. The molecule has 0 fully saturated rings. The van der Waals surface area contributed by atoms with E-state index in [4.69, 9.17) is 4.52 Å². The van der Waals surface area contributed by atoms with Crippen LogP contribution in [0, 0.1) is 0 Å². The van der Waals surface area contributed by atoms with Crippen LogP contribution in [0.15, 0.2) is 71.3 Å². The van der Waals surface area contributed by atoms with Crippen molar-refractivity contribution >= 4 is 19.4 Å². The molecule has 0 saturated carbocycles. The monoisotopic (exact) mass is 315 g/mol. The summed E-state index contributed by atoms with van der Waals surface area (Å²) in [7, 11) is 0. The zero-order chi connectivity index (χ0) is 12.9. The fourth-order valence-electron chi connectivity index (χ4n) is 1.80. The molecule has 0 aliphatic heterocycles. The van der Waals surface area contributed by atoms with Gasteiger partial charge in [-0.15, -0.1) is 0 Å². The van der Waals surface area contributed by atoms with E-state index in [1.54, 1.807) is 0 Å².